The van der Waals surface area contributed by atoms with E-state index in [2.05, 4.69) is 4.98 Å². The zero-order chi connectivity index (χ0) is 17.6. The number of imidazole rings is 1. The summed E-state index contributed by atoms with van der Waals surface area (Å²) < 4.78 is 7.29. The predicted octanol–water partition coefficient (Wildman–Crippen LogP) is 2.87. The number of pyridine rings is 1. The molecule has 0 fully saturated rings. The lowest BCUT2D eigenvalue weighted by Crippen LogP contribution is -2.38. The fourth-order valence-electron chi connectivity index (χ4n) is 3.19. The molecule has 1 aromatic carbocycles. The Morgan fingerprint density at radius 2 is 2.12 bits per heavy atom. The number of aromatic nitrogens is 2. The molecule has 0 spiro atoms. The molecular weight excluding hydrogens is 318 g/mol. The lowest BCUT2D eigenvalue weighted by Gasteiger charge is -2.28. The Hall–Kier alpha value is -3.15. The van der Waals surface area contributed by atoms with Crippen molar-refractivity contribution in [2.45, 2.75) is 13.8 Å². The maximum atomic E-state index is 12.1. The van der Waals surface area contributed by atoms with Crippen molar-refractivity contribution in [2.24, 2.45) is 0 Å². The van der Waals surface area contributed by atoms with Crippen molar-refractivity contribution in [1.29, 1.82) is 0 Å². The molecule has 0 N–H and O–H groups in total. The molecule has 0 atom stereocenters. The molecule has 25 heavy (non-hydrogen) atoms. The van der Waals surface area contributed by atoms with Gasteiger partial charge in [0.05, 0.1) is 5.69 Å². The number of aryl methyl sites for hydroxylation is 1. The van der Waals surface area contributed by atoms with Gasteiger partial charge in [0.2, 0.25) is 0 Å². The number of ether oxygens (including phenoxy) is 1. The molecule has 4 rings (SSSR count). The van der Waals surface area contributed by atoms with Gasteiger partial charge < -0.3 is 9.64 Å². The zero-order valence-corrected chi connectivity index (χ0v) is 14.0. The van der Waals surface area contributed by atoms with Crippen LogP contribution in [0.15, 0.2) is 36.5 Å². The molecule has 1 amide bonds. The Labute approximate surface area is 144 Å². The Kier molecular flexibility index (Phi) is 3.53. The summed E-state index contributed by atoms with van der Waals surface area (Å²) in [7, 11) is 0. The van der Waals surface area contributed by atoms with Gasteiger partial charge in [0.15, 0.2) is 12.9 Å². The summed E-state index contributed by atoms with van der Waals surface area (Å²) in [6.07, 6.45) is 2.70. The van der Waals surface area contributed by atoms with Gasteiger partial charge in [0.1, 0.15) is 22.8 Å². The molecule has 0 bridgehead atoms. The first-order chi connectivity index (χ1) is 12.1. The smallest absolute Gasteiger partial charge is 0.265 e. The van der Waals surface area contributed by atoms with E-state index in [1.807, 2.05) is 50.4 Å². The standard InChI is InChI=1S/C19H17N3O3/c1-3-21-14-8-13(5-6-16(14)25-11-18(21)24)19-15(10-23)22-9-12(2)4-7-17(22)20-19/h4-10H,3,11H2,1-2H3. The van der Waals surface area contributed by atoms with Crippen LogP contribution in [-0.4, -0.2) is 34.7 Å². The number of carbonyl (C=O) groups excluding carboxylic acids is 2. The number of hydrogen-bond acceptors (Lipinski definition) is 4. The molecule has 0 saturated heterocycles. The van der Waals surface area contributed by atoms with Crippen molar-refractivity contribution in [3.63, 3.8) is 0 Å². The van der Waals surface area contributed by atoms with Crippen LogP contribution in [0.1, 0.15) is 23.0 Å². The van der Waals surface area contributed by atoms with Gasteiger partial charge in [-0.15, -0.1) is 0 Å². The molecule has 6 heteroatoms. The lowest BCUT2D eigenvalue weighted by atomic mass is 10.1. The van der Waals surface area contributed by atoms with Gasteiger partial charge in [-0.1, -0.05) is 6.07 Å². The molecule has 1 aliphatic rings. The maximum absolute atomic E-state index is 12.1. The molecule has 0 aliphatic carbocycles. The van der Waals surface area contributed by atoms with Crippen molar-refractivity contribution in [3.8, 4) is 17.0 Å². The highest BCUT2D eigenvalue weighted by molar-refractivity contribution is 5.99. The zero-order valence-electron chi connectivity index (χ0n) is 14.0. The van der Waals surface area contributed by atoms with E-state index in [1.165, 1.54) is 0 Å². The summed E-state index contributed by atoms with van der Waals surface area (Å²) in [5, 5.41) is 0. The predicted molar refractivity (Wildman–Crippen MR) is 94.3 cm³/mol. The maximum Gasteiger partial charge on any atom is 0.265 e. The minimum absolute atomic E-state index is 0.0490. The molecular formula is C19H17N3O3. The average Bonchev–Trinajstić information content (AvgIpc) is 2.98. The number of carbonyl (C=O) groups is 2. The third-order valence-electron chi connectivity index (χ3n) is 4.41. The summed E-state index contributed by atoms with van der Waals surface area (Å²) in [5.74, 6) is 0.589. The van der Waals surface area contributed by atoms with Crippen LogP contribution in [0.25, 0.3) is 16.9 Å². The van der Waals surface area contributed by atoms with Crippen molar-refractivity contribution in [2.75, 3.05) is 18.1 Å². The highest BCUT2D eigenvalue weighted by Crippen LogP contribution is 2.36. The average molecular weight is 335 g/mol. The monoisotopic (exact) mass is 335 g/mol. The number of hydrogen-bond donors (Lipinski definition) is 0. The summed E-state index contributed by atoms with van der Waals surface area (Å²) in [4.78, 5) is 30.0. The van der Waals surface area contributed by atoms with Crippen molar-refractivity contribution in [1.82, 2.24) is 9.38 Å². The van der Waals surface area contributed by atoms with Crippen LogP contribution in [0, 0.1) is 6.92 Å². The number of rotatable bonds is 3. The summed E-state index contributed by atoms with van der Waals surface area (Å²) in [6, 6.07) is 9.39. The van der Waals surface area contributed by atoms with Gasteiger partial charge in [0, 0.05) is 18.3 Å². The van der Waals surface area contributed by atoms with E-state index in [4.69, 9.17) is 4.74 Å². The van der Waals surface area contributed by atoms with Crippen molar-refractivity contribution < 1.29 is 14.3 Å². The number of likely N-dealkylation sites (N-methyl/N-ethyl adjacent to an activating group) is 1. The minimum atomic E-state index is -0.0756. The van der Waals surface area contributed by atoms with Crippen LogP contribution in [0.5, 0.6) is 5.75 Å². The first-order valence-corrected chi connectivity index (χ1v) is 8.14. The minimum Gasteiger partial charge on any atom is -0.482 e. The Bertz CT molecular complexity index is 1010. The fourth-order valence-corrected chi connectivity index (χ4v) is 3.19. The van der Waals surface area contributed by atoms with Crippen LogP contribution < -0.4 is 9.64 Å². The second-order valence-corrected chi connectivity index (χ2v) is 6.01. The number of nitrogens with zero attached hydrogens (tertiary/aromatic N) is 3. The molecule has 0 saturated carbocycles. The molecule has 0 radical (unpaired) electrons. The van der Waals surface area contributed by atoms with Gasteiger partial charge in [-0.05, 0) is 43.7 Å². The number of benzene rings is 1. The molecule has 0 unspecified atom stereocenters. The first-order valence-electron chi connectivity index (χ1n) is 8.14. The summed E-state index contributed by atoms with van der Waals surface area (Å²) in [5.41, 5.74) is 4.32. The van der Waals surface area contributed by atoms with Crippen molar-refractivity contribution in [3.05, 3.63) is 47.8 Å². The quantitative estimate of drug-likeness (QED) is 0.691. The van der Waals surface area contributed by atoms with E-state index in [-0.39, 0.29) is 12.5 Å². The van der Waals surface area contributed by atoms with Crippen LogP contribution in [0.4, 0.5) is 5.69 Å². The second-order valence-electron chi connectivity index (χ2n) is 6.01. The Morgan fingerprint density at radius 3 is 2.88 bits per heavy atom. The number of anilines is 1. The molecule has 2 aromatic heterocycles. The molecule has 3 heterocycles. The summed E-state index contributed by atoms with van der Waals surface area (Å²) in [6.45, 7) is 4.50. The van der Waals surface area contributed by atoms with E-state index in [0.29, 0.717) is 35.0 Å². The van der Waals surface area contributed by atoms with E-state index in [9.17, 15) is 9.59 Å². The van der Waals surface area contributed by atoms with Crippen LogP contribution in [0.3, 0.4) is 0 Å². The van der Waals surface area contributed by atoms with Crippen molar-refractivity contribution >= 4 is 23.5 Å². The van der Waals surface area contributed by atoms with Crippen LogP contribution in [0.2, 0.25) is 0 Å². The molecule has 126 valence electrons. The topological polar surface area (TPSA) is 63.9 Å². The third-order valence-corrected chi connectivity index (χ3v) is 4.41. The van der Waals surface area contributed by atoms with E-state index in [0.717, 1.165) is 17.4 Å². The van der Waals surface area contributed by atoms with Gasteiger partial charge in [-0.25, -0.2) is 4.98 Å². The largest absolute Gasteiger partial charge is 0.482 e. The van der Waals surface area contributed by atoms with Gasteiger partial charge in [0.25, 0.3) is 5.91 Å². The highest BCUT2D eigenvalue weighted by Gasteiger charge is 2.25. The number of amides is 1. The fraction of sp³-hybridized carbons (Fsp3) is 0.211. The second kappa shape index (κ2) is 5.73. The Balaban J connectivity index is 1.91. The number of fused-ring (bicyclic) bond motifs is 2. The SMILES string of the molecule is CCN1C(=O)COc2ccc(-c3nc4ccc(C)cn4c3C=O)cc21. The van der Waals surface area contributed by atoms with Crippen LogP contribution in [-0.2, 0) is 4.79 Å². The van der Waals surface area contributed by atoms with Gasteiger partial charge in [-0.3, -0.25) is 14.0 Å². The molecule has 1 aliphatic heterocycles. The molecule has 3 aromatic rings. The number of aldehydes is 1. The van der Waals surface area contributed by atoms with E-state index < -0.39 is 0 Å². The lowest BCUT2D eigenvalue weighted by molar-refractivity contribution is -0.121. The van der Waals surface area contributed by atoms with E-state index in [1.54, 1.807) is 9.30 Å². The third kappa shape index (κ3) is 2.38. The molecule has 6 nitrogen and oxygen atoms in total. The van der Waals surface area contributed by atoms with Gasteiger partial charge in [-0.2, -0.15) is 0 Å². The first kappa shape index (κ1) is 15.4. The summed E-state index contributed by atoms with van der Waals surface area (Å²) >= 11 is 0. The normalized spacial score (nSPS) is 13.7. The Morgan fingerprint density at radius 1 is 1.28 bits per heavy atom. The highest BCUT2D eigenvalue weighted by atomic mass is 16.5. The van der Waals surface area contributed by atoms with Gasteiger partial charge >= 0.3 is 0 Å². The van der Waals surface area contributed by atoms with Crippen LogP contribution >= 0.6 is 0 Å². The van der Waals surface area contributed by atoms with E-state index >= 15 is 0 Å².